The van der Waals surface area contributed by atoms with Gasteiger partial charge in [-0.1, -0.05) is 12.1 Å². The Morgan fingerprint density at radius 3 is 2.95 bits per heavy atom. The third kappa shape index (κ3) is 2.51. The standard InChI is InChI=1S/C16H21N3O2/c20-16-19(14-3-1-2-4-15(14)21-16)10-9-18-8-7-12-5-6-13(11-18)17-12/h1-4,12-13,17H,5-11H2. The van der Waals surface area contributed by atoms with Gasteiger partial charge in [-0.15, -0.1) is 0 Å². The lowest BCUT2D eigenvalue weighted by atomic mass is 10.1. The van der Waals surface area contributed by atoms with Crippen molar-refractivity contribution in [2.75, 3.05) is 19.6 Å². The summed E-state index contributed by atoms with van der Waals surface area (Å²) in [4.78, 5) is 14.4. The maximum Gasteiger partial charge on any atom is 0.419 e. The van der Waals surface area contributed by atoms with E-state index in [1.165, 1.54) is 19.3 Å². The van der Waals surface area contributed by atoms with Crippen molar-refractivity contribution >= 4 is 11.1 Å². The lowest BCUT2D eigenvalue weighted by molar-refractivity contribution is 0.247. The van der Waals surface area contributed by atoms with Gasteiger partial charge in [0.2, 0.25) is 0 Å². The van der Waals surface area contributed by atoms with E-state index in [1.807, 2.05) is 24.3 Å². The number of benzene rings is 1. The fraction of sp³-hybridized carbons (Fsp3) is 0.562. The first-order chi connectivity index (χ1) is 10.3. The first-order valence-electron chi connectivity index (χ1n) is 7.86. The average Bonchev–Trinajstić information content (AvgIpc) is 2.97. The zero-order valence-electron chi connectivity index (χ0n) is 12.1. The predicted molar refractivity (Wildman–Crippen MR) is 81.5 cm³/mol. The first kappa shape index (κ1) is 13.1. The number of para-hydroxylation sites is 2. The highest BCUT2D eigenvalue weighted by atomic mass is 16.4. The van der Waals surface area contributed by atoms with Crippen LogP contribution in [0.15, 0.2) is 33.5 Å². The Morgan fingerprint density at radius 1 is 1.14 bits per heavy atom. The number of fused-ring (bicyclic) bond motifs is 3. The van der Waals surface area contributed by atoms with Gasteiger partial charge in [0, 0.05) is 31.7 Å². The molecule has 0 spiro atoms. The number of likely N-dealkylation sites (tertiary alicyclic amines) is 1. The Balaban J connectivity index is 1.48. The van der Waals surface area contributed by atoms with E-state index in [0.717, 1.165) is 25.2 Å². The Labute approximate surface area is 123 Å². The summed E-state index contributed by atoms with van der Waals surface area (Å²) in [6.07, 6.45) is 3.83. The van der Waals surface area contributed by atoms with Crippen LogP contribution in [0.25, 0.3) is 11.1 Å². The SMILES string of the molecule is O=c1oc2ccccc2n1CCN1CCC2CCC(C1)N2. The molecule has 2 aliphatic heterocycles. The number of aromatic nitrogens is 1. The first-order valence-corrected chi connectivity index (χ1v) is 7.86. The van der Waals surface area contributed by atoms with Gasteiger partial charge in [0.1, 0.15) is 0 Å². The van der Waals surface area contributed by atoms with E-state index in [4.69, 9.17) is 4.42 Å². The van der Waals surface area contributed by atoms with Crippen LogP contribution in [-0.4, -0.2) is 41.2 Å². The molecule has 21 heavy (non-hydrogen) atoms. The van der Waals surface area contributed by atoms with Gasteiger partial charge >= 0.3 is 5.76 Å². The summed E-state index contributed by atoms with van der Waals surface area (Å²) in [6.45, 7) is 3.83. The van der Waals surface area contributed by atoms with Gasteiger partial charge in [-0.3, -0.25) is 9.47 Å². The monoisotopic (exact) mass is 287 g/mol. The normalized spacial score (nSPS) is 26.3. The summed E-state index contributed by atoms with van der Waals surface area (Å²) in [5, 5.41) is 3.69. The highest BCUT2D eigenvalue weighted by Crippen LogP contribution is 2.20. The maximum atomic E-state index is 12.0. The molecule has 2 aliphatic rings. The van der Waals surface area contributed by atoms with Crippen molar-refractivity contribution in [1.29, 1.82) is 0 Å². The van der Waals surface area contributed by atoms with Crippen molar-refractivity contribution in [3.05, 3.63) is 34.8 Å². The smallest absolute Gasteiger partial charge is 0.408 e. The summed E-state index contributed by atoms with van der Waals surface area (Å²) < 4.78 is 7.05. The molecule has 2 saturated heterocycles. The average molecular weight is 287 g/mol. The molecule has 0 saturated carbocycles. The van der Waals surface area contributed by atoms with Crippen LogP contribution in [-0.2, 0) is 6.54 Å². The zero-order valence-corrected chi connectivity index (χ0v) is 12.1. The molecule has 2 bridgehead atoms. The zero-order chi connectivity index (χ0) is 14.2. The van der Waals surface area contributed by atoms with Crippen LogP contribution in [0.5, 0.6) is 0 Å². The minimum Gasteiger partial charge on any atom is -0.408 e. The van der Waals surface area contributed by atoms with Crippen LogP contribution >= 0.6 is 0 Å². The predicted octanol–water partition coefficient (Wildman–Crippen LogP) is 1.42. The number of rotatable bonds is 3. The van der Waals surface area contributed by atoms with Crippen LogP contribution < -0.4 is 11.1 Å². The van der Waals surface area contributed by atoms with Crippen molar-refractivity contribution in [2.45, 2.75) is 37.9 Å². The second kappa shape index (κ2) is 5.31. The summed E-state index contributed by atoms with van der Waals surface area (Å²) in [5.74, 6) is -0.245. The molecular weight excluding hydrogens is 266 g/mol. The van der Waals surface area contributed by atoms with E-state index in [2.05, 4.69) is 10.2 Å². The Kier molecular flexibility index (Phi) is 3.31. The van der Waals surface area contributed by atoms with Gasteiger partial charge in [0.25, 0.3) is 0 Å². The quantitative estimate of drug-likeness (QED) is 0.927. The van der Waals surface area contributed by atoms with Crippen LogP contribution in [0.1, 0.15) is 19.3 Å². The van der Waals surface area contributed by atoms with Crippen LogP contribution in [0.3, 0.4) is 0 Å². The van der Waals surface area contributed by atoms with Crippen molar-refractivity contribution in [1.82, 2.24) is 14.8 Å². The summed E-state index contributed by atoms with van der Waals surface area (Å²) >= 11 is 0. The fourth-order valence-corrected chi connectivity index (χ4v) is 3.69. The summed E-state index contributed by atoms with van der Waals surface area (Å²) in [5.41, 5.74) is 1.58. The fourth-order valence-electron chi connectivity index (χ4n) is 3.69. The molecule has 2 atom stereocenters. The lowest BCUT2D eigenvalue weighted by Crippen LogP contribution is -2.37. The Bertz CT molecular complexity index is 690. The van der Waals surface area contributed by atoms with Crippen LogP contribution in [0.4, 0.5) is 0 Å². The molecular formula is C16H21N3O2. The summed E-state index contributed by atoms with van der Waals surface area (Å²) in [6, 6.07) is 8.98. The molecule has 2 fully saturated rings. The van der Waals surface area contributed by atoms with Gasteiger partial charge in [0.05, 0.1) is 5.52 Å². The molecule has 1 N–H and O–H groups in total. The van der Waals surface area contributed by atoms with Crippen LogP contribution in [0, 0.1) is 0 Å². The van der Waals surface area contributed by atoms with Crippen molar-refractivity contribution < 1.29 is 4.42 Å². The van der Waals surface area contributed by atoms with Crippen LogP contribution in [0.2, 0.25) is 0 Å². The maximum absolute atomic E-state index is 12.0. The molecule has 2 aromatic rings. The molecule has 0 amide bonds. The number of nitrogens with one attached hydrogen (secondary N) is 1. The highest BCUT2D eigenvalue weighted by molar-refractivity contribution is 5.72. The van der Waals surface area contributed by atoms with E-state index in [1.54, 1.807) is 4.57 Å². The molecule has 4 rings (SSSR count). The minimum atomic E-state index is -0.245. The van der Waals surface area contributed by atoms with E-state index >= 15 is 0 Å². The third-order valence-electron chi connectivity index (χ3n) is 4.82. The van der Waals surface area contributed by atoms with Crippen molar-refractivity contribution in [3.8, 4) is 0 Å². The molecule has 0 radical (unpaired) electrons. The lowest BCUT2D eigenvalue weighted by Gasteiger charge is -2.23. The van der Waals surface area contributed by atoms with Gasteiger partial charge in [-0.05, 0) is 37.9 Å². The number of nitrogens with zero attached hydrogens (tertiary/aromatic N) is 2. The van der Waals surface area contributed by atoms with E-state index < -0.39 is 0 Å². The second-order valence-electron chi connectivity index (χ2n) is 6.21. The van der Waals surface area contributed by atoms with Crippen molar-refractivity contribution in [3.63, 3.8) is 0 Å². The number of hydrogen-bond donors (Lipinski definition) is 1. The van der Waals surface area contributed by atoms with Gasteiger partial charge in [-0.2, -0.15) is 0 Å². The van der Waals surface area contributed by atoms with Gasteiger partial charge < -0.3 is 9.73 Å². The largest absolute Gasteiger partial charge is 0.419 e. The highest BCUT2D eigenvalue weighted by Gasteiger charge is 2.29. The van der Waals surface area contributed by atoms with Gasteiger partial charge in [-0.25, -0.2) is 4.79 Å². The van der Waals surface area contributed by atoms with Crippen molar-refractivity contribution in [2.24, 2.45) is 0 Å². The minimum absolute atomic E-state index is 0.245. The molecule has 0 aliphatic carbocycles. The molecule has 3 heterocycles. The number of hydrogen-bond acceptors (Lipinski definition) is 4. The molecule has 2 unspecified atom stereocenters. The molecule has 1 aromatic heterocycles. The molecule has 1 aromatic carbocycles. The third-order valence-corrected chi connectivity index (χ3v) is 4.82. The molecule has 5 nitrogen and oxygen atoms in total. The van der Waals surface area contributed by atoms with E-state index in [9.17, 15) is 4.79 Å². The molecule has 5 heteroatoms. The summed E-state index contributed by atoms with van der Waals surface area (Å²) in [7, 11) is 0. The molecule has 112 valence electrons. The topological polar surface area (TPSA) is 50.4 Å². The number of oxazole rings is 1. The van der Waals surface area contributed by atoms with E-state index in [0.29, 0.717) is 24.2 Å². The Hall–Kier alpha value is -1.59. The Morgan fingerprint density at radius 2 is 2.00 bits per heavy atom. The van der Waals surface area contributed by atoms with Gasteiger partial charge in [0.15, 0.2) is 5.58 Å². The second-order valence-corrected chi connectivity index (χ2v) is 6.21. The van der Waals surface area contributed by atoms with E-state index in [-0.39, 0.29) is 5.76 Å².